The Kier molecular flexibility index (Phi) is 3.70. The van der Waals surface area contributed by atoms with E-state index in [1.54, 1.807) is 0 Å². The Balaban J connectivity index is 2.84. The molecule has 1 aromatic carbocycles. The van der Waals surface area contributed by atoms with Crippen molar-refractivity contribution >= 4 is 0 Å². The first kappa shape index (κ1) is 11.3. The molecule has 0 aromatic heterocycles. The Morgan fingerprint density at radius 2 is 1.86 bits per heavy atom. The number of rotatable bonds is 4. The largest absolute Gasteiger partial charge is 0.385 e. The molecule has 0 amide bonds. The standard InChI is InChI=1S/C13H20O/c1-4-8-11(2)13(3,14)12-9-6-5-7-10-12/h5-7,9-11,14H,4,8H2,1-3H3. The maximum absolute atomic E-state index is 10.4. The van der Waals surface area contributed by atoms with Crippen molar-refractivity contribution in [2.24, 2.45) is 5.92 Å². The van der Waals surface area contributed by atoms with Crippen LogP contribution >= 0.6 is 0 Å². The van der Waals surface area contributed by atoms with Crippen LogP contribution in [0.2, 0.25) is 0 Å². The van der Waals surface area contributed by atoms with E-state index in [2.05, 4.69) is 13.8 Å². The zero-order valence-electron chi connectivity index (χ0n) is 9.33. The molecule has 0 saturated heterocycles. The lowest BCUT2D eigenvalue weighted by atomic mass is 9.82. The molecule has 0 aliphatic heterocycles. The predicted octanol–water partition coefficient (Wildman–Crippen LogP) is 3.33. The third-order valence-corrected chi connectivity index (χ3v) is 3.04. The van der Waals surface area contributed by atoms with E-state index in [4.69, 9.17) is 0 Å². The highest BCUT2D eigenvalue weighted by Gasteiger charge is 2.29. The molecule has 1 heteroatoms. The van der Waals surface area contributed by atoms with Crippen molar-refractivity contribution in [3.8, 4) is 0 Å². The van der Waals surface area contributed by atoms with Crippen LogP contribution in [0.25, 0.3) is 0 Å². The van der Waals surface area contributed by atoms with Gasteiger partial charge >= 0.3 is 0 Å². The highest BCUT2D eigenvalue weighted by atomic mass is 16.3. The molecule has 0 fully saturated rings. The topological polar surface area (TPSA) is 20.2 Å². The van der Waals surface area contributed by atoms with E-state index in [0.717, 1.165) is 18.4 Å². The van der Waals surface area contributed by atoms with Crippen LogP contribution in [0.1, 0.15) is 39.2 Å². The Hall–Kier alpha value is -0.820. The summed E-state index contributed by atoms with van der Waals surface area (Å²) in [5, 5.41) is 10.4. The minimum absolute atomic E-state index is 0.301. The van der Waals surface area contributed by atoms with Crippen LogP contribution in [0.3, 0.4) is 0 Å². The van der Waals surface area contributed by atoms with Crippen molar-refractivity contribution in [1.29, 1.82) is 0 Å². The van der Waals surface area contributed by atoms with Gasteiger partial charge in [0.2, 0.25) is 0 Å². The Bertz CT molecular complexity index is 264. The van der Waals surface area contributed by atoms with Crippen molar-refractivity contribution < 1.29 is 5.11 Å². The first-order chi connectivity index (χ1) is 6.59. The molecule has 0 aliphatic rings. The number of aliphatic hydroxyl groups is 1. The number of benzene rings is 1. The van der Waals surface area contributed by atoms with Gasteiger partial charge in [-0.05, 0) is 24.8 Å². The minimum Gasteiger partial charge on any atom is -0.385 e. The van der Waals surface area contributed by atoms with Gasteiger partial charge in [-0.1, -0.05) is 50.6 Å². The van der Waals surface area contributed by atoms with Crippen molar-refractivity contribution in [3.63, 3.8) is 0 Å². The van der Waals surface area contributed by atoms with E-state index in [0.29, 0.717) is 5.92 Å². The number of hydrogen-bond donors (Lipinski definition) is 1. The summed E-state index contributed by atoms with van der Waals surface area (Å²) in [6.45, 7) is 6.16. The molecule has 0 spiro atoms. The molecule has 2 unspecified atom stereocenters. The first-order valence-electron chi connectivity index (χ1n) is 5.37. The summed E-state index contributed by atoms with van der Waals surface area (Å²) in [5.74, 6) is 0.301. The first-order valence-corrected chi connectivity index (χ1v) is 5.37. The minimum atomic E-state index is -0.697. The molecular formula is C13H20O. The molecule has 78 valence electrons. The van der Waals surface area contributed by atoms with Crippen LogP contribution in [0, 0.1) is 5.92 Å². The summed E-state index contributed by atoms with van der Waals surface area (Å²) in [6.07, 6.45) is 2.17. The SMILES string of the molecule is CCCC(C)C(C)(O)c1ccccc1. The van der Waals surface area contributed by atoms with Crippen molar-refractivity contribution in [1.82, 2.24) is 0 Å². The maximum Gasteiger partial charge on any atom is 0.0893 e. The van der Waals surface area contributed by atoms with Gasteiger partial charge in [0.05, 0.1) is 5.60 Å². The fourth-order valence-electron chi connectivity index (χ4n) is 1.77. The lowest BCUT2D eigenvalue weighted by molar-refractivity contribution is -0.00219. The molecule has 0 heterocycles. The fraction of sp³-hybridized carbons (Fsp3) is 0.538. The molecule has 1 nitrogen and oxygen atoms in total. The summed E-state index contributed by atoms with van der Waals surface area (Å²) in [5.41, 5.74) is 0.318. The molecule has 1 aromatic rings. The van der Waals surface area contributed by atoms with Gasteiger partial charge in [0.15, 0.2) is 0 Å². The fourth-order valence-corrected chi connectivity index (χ4v) is 1.77. The molecule has 1 N–H and O–H groups in total. The predicted molar refractivity (Wildman–Crippen MR) is 60.1 cm³/mol. The summed E-state index contributed by atoms with van der Waals surface area (Å²) in [4.78, 5) is 0. The van der Waals surface area contributed by atoms with Gasteiger partial charge in [-0.15, -0.1) is 0 Å². The van der Waals surface area contributed by atoms with Crippen LogP contribution in [-0.2, 0) is 5.60 Å². The normalized spacial score (nSPS) is 17.4. The second-order valence-electron chi connectivity index (χ2n) is 4.20. The zero-order valence-corrected chi connectivity index (χ0v) is 9.33. The highest BCUT2D eigenvalue weighted by Crippen LogP contribution is 2.31. The molecule has 2 atom stereocenters. The Labute approximate surface area is 86.8 Å². The van der Waals surface area contributed by atoms with Crippen LogP contribution in [0.5, 0.6) is 0 Å². The Morgan fingerprint density at radius 3 is 2.36 bits per heavy atom. The molecule has 0 bridgehead atoms. The maximum atomic E-state index is 10.4. The van der Waals surface area contributed by atoms with Gasteiger partial charge in [0, 0.05) is 0 Å². The average Bonchev–Trinajstić information content (AvgIpc) is 2.19. The lowest BCUT2D eigenvalue weighted by Crippen LogP contribution is -2.29. The quantitative estimate of drug-likeness (QED) is 0.775. The summed E-state index contributed by atoms with van der Waals surface area (Å²) in [6, 6.07) is 9.91. The van der Waals surface area contributed by atoms with E-state index in [1.807, 2.05) is 37.3 Å². The Morgan fingerprint density at radius 1 is 1.29 bits per heavy atom. The second-order valence-corrected chi connectivity index (χ2v) is 4.20. The van der Waals surface area contributed by atoms with E-state index in [9.17, 15) is 5.11 Å². The van der Waals surface area contributed by atoms with Crippen LogP contribution < -0.4 is 0 Å². The summed E-state index contributed by atoms with van der Waals surface area (Å²) < 4.78 is 0. The van der Waals surface area contributed by atoms with Crippen LogP contribution in [-0.4, -0.2) is 5.11 Å². The molecular weight excluding hydrogens is 172 g/mol. The van der Waals surface area contributed by atoms with Crippen LogP contribution in [0.4, 0.5) is 0 Å². The highest BCUT2D eigenvalue weighted by molar-refractivity contribution is 5.22. The van der Waals surface area contributed by atoms with E-state index in [1.165, 1.54) is 0 Å². The van der Waals surface area contributed by atoms with E-state index < -0.39 is 5.60 Å². The average molecular weight is 192 g/mol. The van der Waals surface area contributed by atoms with Gasteiger partial charge in [-0.2, -0.15) is 0 Å². The monoisotopic (exact) mass is 192 g/mol. The smallest absolute Gasteiger partial charge is 0.0893 e. The number of hydrogen-bond acceptors (Lipinski definition) is 1. The summed E-state index contributed by atoms with van der Waals surface area (Å²) >= 11 is 0. The van der Waals surface area contributed by atoms with Gasteiger partial charge < -0.3 is 5.11 Å². The molecule has 14 heavy (non-hydrogen) atoms. The van der Waals surface area contributed by atoms with E-state index in [-0.39, 0.29) is 0 Å². The lowest BCUT2D eigenvalue weighted by Gasteiger charge is -2.30. The van der Waals surface area contributed by atoms with Crippen molar-refractivity contribution in [3.05, 3.63) is 35.9 Å². The van der Waals surface area contributed by atoms with Gasteiger partial charge in [-0.25, -0.2) is 0 Å². The third-order valence-electron chi connectivity index (χ3n) is 3.04. The van der Waals surface area contributed by atoms with Gasteiger partial charge in [0.1, 0.15) is 0 Å². The van der Waals surface area contributed by atoms with Crippen LogP contribution in [0.15, 0.2) is 30.3 Å². The van der Waals surface area contributed by atoms with Gasteiger partial charge in [-0.3, -0.25) is 0 Å². The van der Waals surface area contributed by atoms with E-state index >= 15 is 0 Å². The molecule has 1 rings (SSSR count). The molecule has 0 saturated carbocycles. The third kappa shape index (κ3) is 2.36. The second kappa shape index (κ2) is 4.61. The zero-order chi connectivity index (χ0) is 10.6. The molecule has 0 aliphatic carbocycles. The van der Waals surface area contributed by atoms with Crippen molar-refractivity contribution in [2.45, 2.75) is 39.2 Å². The summed E-state index contributed by atoms with van der Waals surface area (Å²) in [7, 11) is 0. The van der Waals surface area contributed by atoms with Gasteiger partial charge in [0.25, 0.3) is 0 Å². The molecule has 0 radical (unpaired) electrons. The van der Waals surface area contributed by atoms with Crippen molar-refractivity contribution in [2.75, 3.05) is 0 Å².